The van der Waals surface area contributed by atoms with E-state index in [0.717, 1.165) is 9.87 Å². The third-order valence-corrected chi connectivity index (χ3v) is 4.65. The molecule has 6 heteroatoms. The summed E-state index contributed by atoms with van der Waals surface area (Å²) in [6.45, 7) is 1.97. The largest absolute Gasteiger partial charge is 0.242 e. The van der Waals surface area contributed by atoms with E-state index in [1.54, 1.807) is 13.0 Å². The predicted octanol–water partition coefficient (Wildman–Crippen LogP) is 2.18. The van der Waals surface area contributed by atoms with E-state index in [0.29, 0.717) is 5.02 Å². The quantitative estimate of drug-likeness (QED) is 0.844. The molecule has 0 amide bonds. The molecule has 0 saturated carbocycles. The molecule has 4 nitrogen and oxygen atoms in total. The molecule has 0 fully saturated rings. The van der Waals surface area contributed by atoms with Gasteiger partial charge in [-0.05, 0) is 24.6 Å². The van der Waals surface area contributed by atoms with Gasteiger partial charge in [-0.3, -0.25) is 0 Å². The molecular formula is C11H13ClN2O2S. The van der Waals surface area contributed by atoms with Gasteiger partial charge in [-0.25, -0.2) is 8.42 Å². The number of sulfonamides is 1. The summed E-state index contributed by atoms with van der Waals surface area (Å²) in [5, 5.41) is 8.86. The second kappa shape index (κ2) is 5.50. The third-order valence-electron chi connectivity index (χ3n) is 2.39. The minimum atomic E-state index is -3.55. The van der Waals surface area contributed by atoms with Crippen LogP contribution in [0.1, 0.15) is 12.0 Å². The van der Waals surface area contributed by atoms with Gasteiger partial charge in [0.05, 0.1) is 11.0 Å². The first-order valence-corrected chi connectivity index (χ1v) is 6.81. The van der Waals surface area contributed by atoms with E-state index in [4.69, 9.17) is 16.9 Å². The standard InChI is InChI=1S/C11H13ClN2O2S/c1-9-4-5-10(8-11(9)12)17(15,16)14(2)7-3-6-13/h4-5,8H,3,7H2,1-2H3. The lowest BCUT2D eigenvalue weighted by Gasteiger charge is -2.16. The lowest BCUT2D eigenvalue weighted by atomic mass is 10.2. The predicted molar refractivity (Wildman–Crippen MR) is 66.2 cm³/mol. The van der Waals surface area contributed by atoms with Crippen molar-refractivity contribution < 1.29 is 8.42 Å². The summed E-state index contributed by atoms with van der Waals surface area (Å²) < 4.78 is 25.3. The SMILES string of the molecule is Cc1ccc(S(=O)(=O)N(C)CCC#N)cc1Cl. The van der Waals surface area contributed by atoms with Gasteiger partial charge in [0.2, 0.25) is 10.0 Å². The molecule has 0 aliphatic carbocycles. The minimum absolute atomic E-state index is 0.147. The number of hydrogen-bond acceptors (Lipinski definition) is 3. The first-order chi connectivity index (χ1) is 7.89. The number of nitriles is 1. The second-order valence-corrected chi connectivity index (χ2v) is 6.10. The Morgan fingerprint density at radius 3 is 2.65 bits per heavy atom. The molecular weight excluding hydrogens is 260 g/mol. The second-order valence-electron chi connectivity index (χ2n) is 3.65. The Balaban J connectivity index is 3.05. The zero-order chi connectivity index (χ0) is 13.1. The smallest absolute Gasteiger partial charge is 0.207 e. The van der Waals surface area contributed by atoms with Crippen molar-refractivity contribution in [3.8, 4) is 6.07 Å². The maximum atomic E-state index is 12.1. The third kappa shape index (κ3) is 3.19. The molecule has 0 aliphatic heterocycles. The van der Waals surface area contributed by atoms with Crippen molar-refractivity contribution in [3.05, 3.63) is 28.8 Å². The Labute approximate surface area is 106 Å². The fourth-order valence-corrected chi connectivity index (χ4v) is 2.69. The van der Waals surface area contributed by atoms with E-state index in [2.05, 4.69) is 0 Å². The Morgan fingerprint density at radius 2 is 2.12 bits per heavy atom. The maximum Gasteiger partial charge on any atom is 0.242 e. The highest BCUT2D eigenvalue weighted by Crippen LogP contribution is 2.22. The van der Waals surface area contributed by atoms with E-state index >= 15 is 0 Å². The number of hydrogen-bond donors (Lipinski definition) is 0. The highest BCUT2D eigenvalue weighted by atomic mass is 35.5. The molecule has 0 N–H and O–H groups in total. The Kier molecular flexibility index (Phi) is 4.52. The summed E-state index contributed by atoms with van der Waals surface area (Å²) in [6.07, 6.45) is 0.162. The van der Waals surface area contributed by atoms with Gasteiger partial charge in [0.25, 0.3) is 0 Å². The fourth-order valence-electron chi connectivity index (χ4n) is 1.24. The fraction of sp³-hybridized carbons (Fsp3) is 0.364. The lowest BCUT2D eigenvalue weighted by Crippen LogP contribution is -2.27. The highest BCUT2D eigenvalue weighted by Gasteiger charge is 2.20. The van der Waals surface area contributed by atoms with E-state index in [9.17, 15) is 8.42 Å². The number of rotatable bonds is 4. The van der Waals surface area contributed by atoms with Crippen LogP contribution in [0.25, 0.3) is 0 Å². The number of halogens is 1. The van der Waals surface area contributed by atoms with Gasteiger partial charge in [0, 0.05) is 25.0 Å². The van der Waals surface area contributed by atoms with Crippen LogP contribution in [0.2, 0.25) is 5.02 Å². The summed E-state index contributed by atoms with van der Waals surface area (Å²) in [6, 6.07) is 6.51. The Bertz CT molecular complexity index is 549. The van der Waals surface area contributed by atoms with Crippen LogP contribution in [0, 0.1) is 18.3 Å². The van der Waals surface area contributed by atoms with Crippen molar-refractivity contribution in [1.29, 1.82) is 5.26 Å². The van der Waals surface area contributed by atoms with Crippen LogP contribution in [0.5, 0.6) is 0 Å². The molecule has 17 heavy (non-hydrogen) atoms. The molecule has 0 aromatic heterocycles. The molecule has 0 unspecified atom stereocenters. The van der Waals surface area contributed by atoms with Gasteiger partial charge in [0.1, 0.15) is 0 Å². The molecule has 0 atom stereocenters. The van der Waals surface area contributed by atoms with E-state index in [1.165, 1.54) is 19.2 Å². The molecule has 0 saturated heterocycles. The molecule has 92 valence electrons. The van der Waals surface area contributed by atoms with Crippen molar-refractivity contribution >= 4 is 21.6 Å². The van der Waals surface area contributed by atoms with E-state index < -0.39 is 10.0 Å². The van der Waals surface area contributed by atoms with E-state index in [-0.39, 0.29) is 17.9 Å². The van der Waals surface area contributed by atoms with Crippen molar-refractivity contribution in [1.82, 2.24) is 4.31 Å². The summed E-state index contributed by atoms with van der Waals surface area (Å²) in [7, 11) is -2.11. The van der Waals surface area contributed by atoms with Gasteiger partial charge >= 0.3 is 0 Å². The summed E-state index contributed by atoms with van der Waals surface area (Å²) in [5.41, 5.74) is 0.824. The molecule has 0 spiro atoms. The Hall–Kier alpha value is -1.09. The van der Waals surface area contributed by atoms with Crippen LogP contribution in [0.15, 0.2) is 23.1 Å². The van der Waals surface area contributed by atoms with Gasteiger partial charge in [0.15, 0.2) is 0 Å². The molecule has 1 aromatic carbocycles. The zero-order valence-electron chi connectivity index (χ0n) is 9.64. The summed E-state index contributed by atoms with van der Waals surface area (Å²) in [4.78, 5) is 0.147. The van der Waals surface area contributed by atoms with Crippen LogP contribution < -0.4 is 0 Å². The molecule has 0 aliphatic rings. The number of aryl methyl sites for hydroxylation is 1. The van der Waals surface area contributed by atoms with Crippen LogP contribution in [-0.4, -0.2) is 26.3 Å². The highest BCUT2D eigenvalue weighted by molar-refractivity contribution is 7.89. The lowest BCUT2D eigenvalue weighted by molar-refractivity contribution is 0.476. The normalized spacial score (nSPS) is 11.5. The van der Waals surface area contributed by atoms with Crippen molar-refractivity contribution in [3.63, 3.8) is 0 Å². The van der Waals surface area contributed by atoms with Crippen molar-refractivity contribution in [2.45, 2.75) is 18.2 Å². The molecule has 1 rings (SSSR count). The van der Waals surface area contributed by atoms with Gasteiger partial charge in [-0.1, -0.05) is 17.7 Å². The monoisotopic (exact) mass is 272 g/mol. The average molecular weight is 273 g/mol. The summed E-state index contributed by atoms with van der Waals surface area (Å²) in [5.74, 6) is 0. The zero-order valence-corrected chi connectivity index (χ0v) is 11.2. The minimum Gasteiger partial charge on any atom is -0.207 e. The molecule has 0 heterocycles. The van der Waals surface area contributed by atoms with Crippen molar-refractivity contribution in [2.75, 3.05) is 13.6 Å². The first kappa shape index (κ1) is 14.0. The number of nitrogens with zero attached hydrogens (tertiary/aromatic N) is 2. The molecule has 0 radical (unpaired) electrons. The first-order valence-electron chi connectivity index (χ1n) is 4.99. The maximum absolute atomic E-state index is 12.1. The van der Waals surface area contributed by atoms with Gasteiger partial charge < -0.3 is 0 Å². The van der Waals surface area contributed by atoms with Gasteiger partial charge in [-0.15, -0.1) is 0 Å². The van der Waals surface area contributed by atoms with Crippen LogP contribution in [-0.2, 0) is 10.0 Å². The molecule has 1 aromatic rings. The van der Waals surface area contributed by atoms with Crippen LogP contribution in [0.3, 0.4) is 0 Å². The van der Waals surface area contributed by atoms with Crippen molar-refractivity contribution in [2.24, 2.45) is 0 Å². The molecule has 0 bridgehead atoms. The topological polar surface area (TPSA) is 61.2 Å². The van der Waals surface area contributed by atoms with Crippen LogP contribution in [0.4, 0.5) is 0 Å². The Morgan fingerprint density at radius 1 is 1.47 bits per heavy atom. The van der Waals surface area contributed by atoms with Gasteiger partial charge in [-0.2, -0.15) is 9.57 Å². The van der Waals surface area contributed by atoms with Crippen LogP contribution >= 0.6 is 11.6 Å². The number of benzene rings is 1. The average Bonchev–Trinajstić information content (AvgIpc) is 2.29. The summed E-state index contributed by atoms with van der Waals surface area (Å²) >= 11 is 5.89. The van der Waals surface area contributed by atoms with E-state index in [1.807, 2.05) is 6.07 Å².